The van der Waals surface area contributed by atoms with Gasteiger partial charge in [-0.05, 0) is 34.1 Å². The standard InChI is InChI=1S/C11H13BrN2O3/c1-13-10(15)6-14(2)7-3-4-8(11(16)17)9(12)5-7/h3-5H,6H2,1-2H3,(H,13,15)(H,16,17). The van der Waals surface area contributed by atoms with E-state index in [-0.39, 0.29) is 18.0 Å². The first kappa shape index (κ1) is 13.5. The molecule has 0 fully saturated rings. The van der Waals surface area contributed by atoms with Gasteiger partial charge in [-0.3, -0.25) is 4.79 Å². The molecular weight excluding hydrogens is 288 g/mol. The topological polar surface area (TPSA) is 69.6 Å². The predicted octanol–water partition coefficient (Wildman–Crippen LogP) is 1.33. The minimum absolute atomic E-state index is 0.106. The van der Waals surface area contributed by atoms with Crippen LogP contribution in [0.25, 0.3) is 0 Å². The highest BCUT2D eigenvalue weighted by Gasteiger charge is 2.11. The summed E-state index contributed by atoms with van der Waals surface area (Å²) < 4.78 is 0.492. The van der Waals surface area contributed by atoms with Crippen molar-refractivity contribution in [2.24, 2.45) is 0 Å². The minimum atomic E-state index is -0.989. The summed E-state index contributed by atoms with van der Waals surface area (Å²) >= 11 is 3.19. The smallest absolute Gasteiger partial charge is 0.336 e. The number of nitrogens with one attached hydrogen (secondary N) is 1. The largest absolute Gasteiger partial charge is 0.478 e. The number of carbonyl (C=O) groups excluding carboxylic acids is 1. The Balaban J connectivity index is 2.89. The zero-order chi connectivity index (χ0) is 13.0. The van der Waals surface area contributed by atoms with E-state index in [0.717, 1.165) is 5.69 Å². The zero-order valence-corrected chi connectivity index (χ0v) is 11.1. The van der Waals surface area contributed by atoms with E-state index < -0.39 is 5.97 Å². The van der Waals surface area contributed by atoms with Crippen LogP contribution in [0.1, 0.15) is 10.4 Å². The van der Waals surface area contributed by atoms with Gasteiger partial charge in [0.1, 0.15) is 0 Å². The van der Waals surface area contributed by atoms with Gasteiger partial charge in [0.25, 0.3) is 0 Å². The van der Waals surface area contributed by atoms with Crippen molar-refractivity contribution < 1.29 is 14.7 Å². The maximum absolute atomic E-state index is 11.2. The molecule has 0 radical (unpaired) electrons. The highest BCUT2D eigenvalue weighted by atomic mass is 79.9. The summed E-state index contributed by atoms with van der Waals surface area (Å²) in [6.45, 7) is 0.218. The Morgan fingerprint density at radius 1 is 1.47 bits per heavy atom. The highest BCUT2D eigenvalue weighted by Crippen LogP contribution is 2.23. The van der Waals surface area contributed by atoms with Crippen LogP contribution in [0, 0.1) is 0 Å². The Morgan fingerprint density at radius 3 is 2.59 bits per heavy atom. The van der Waals surface area contributed by atoms with Gasteiger partial charge in [-0.15, -0.1) is 0 Å². The van der Waals surface area contributed by atoms with E-state index in [9.17, 15) is 9.59 Å². The Hall–Kier alpha value is -1.56. The monoisotopic (exact) mass is 300 g/mol. The molecule has 0 heterocycles. The Morgan fingerprint density at radius 2 is 2.12 bits per heavy atom. The molecule has 6 heteroatoms. The van der Waals surface area contributed by atoms with Crippen LogP contribution in [-0.2, 0) is 4.79 Å². The number of likely N-dealkylation sites (N-methyl/N-ethyl adjacent to an activating group) is 2. The molecule has 0 bridgehead atoms. The van der Waals surface area contributed by atoms with Gasteiger partial charge in [0.15, 0.2) is 0 Å². The van der Waals surface area contributed by atoms with Crippen molar-refractivity contribution in [3.63, 3.8) is 0 Å². The second-order valence-electron chi connectivity index (χ2n) is 3.50. The predicted molar refractivity (Wildman–Crippen MR) is 68.4 cm³/mol. The van der Waals surface area contributed by atoms with Gasteiger partial charge in [0, 0.05) is 24.3 Å². The number of amides is 1. The van der Waals surface area contributed by atoms with Crippen LogP contribution in [0.5, 0.6) is 0 Å². The lowest BCUT2D eigenvalue weighted by Gasteiger charge is -2.18. The van der Waals surface area contributed by atoms with Crippen molar-refractivity contribution in [2.75, 3.05) is 25.5 Å². The number of hydrogen-bond acceptors (Lipinski definition) is 3. The fraction of sp³-hybridized carbons (Fsp3) is 0.273. The number of hydrogen-bond donors (Lipinski definition) is 2. The van der Waals surface area contributed by atoms with Crippen molar-refractivity contribution in [3.8, 4) is 0 Å². The molecule has 1 rings (SSSR count). The summed E-state index contributed by atoms with van der Waals surface area (Å²) in [6.07, 6.45) is 0. The molecule has 17 heavy (non-hydrogen) atoms. The van der Waals surface area contributed by atoms with Crippen LogP contribution >= 0.6 is 15.9 Å². The van der Waals surface area contributed by atoms with Gasteiger partial charge in [-0.25, -0.2) is 4.79 Å². The number of carbonyl (C=O) groups is 2. The van der Waals surface area contributed by atoms with E-state index in [2.05, 4.69) is 21.2 Å². The third kappa shape index (κ3) is 3.45. The molecule has 5 nitrogen and oxygen atoms in total. The van der Waals surface area contributed by atoms with E-state index >= 15 is 0 Å². The lowest BCUT2D eigenvalue weighted by Crippen LogP contribution is -2.32. The van der Waals surface area contributed by atoms with E-state index in [0.29, 0.717) is 4.47 Å². The van der Waals surface area contributed by atoms with E-state index in [1.54, 1.807) is 31.1 Å². The molecule has 0 aliphatic heterocycles. The normalized spacial score (nSPS) is 9.82. The fourth-order valence-corrected chi connectivity index (χ4v) is 1.84. The number of benzene rings is 1. The number of halogens is 1. The van der Waals surface area contributed by atoms with E-state index in [1.807, 2.05) is 0 Å². The van der Waals surface area contributed by atoms with Crippen LogP contribution in [0.15, 0.2) is 22.7 Å². The van der Waals surface area contributed by atoms with Gasteiger partial charge < -0.3 is 15.3 Å². The number of anilines is 1. The number of carboxylic acids is 1. The molecule has 0 saturated heterocycles. The summed E-state index contributed by atoms with van der Waals surface area (Å²) in [5, 5.41) is 11.4. The summed E-state index contributed by atoms with van der Waals surface area (Å²) in [4.78, 5) is 23.7. The molecule has 1 aromatic carbocycles. The van der Waals surface area contributed by atoms with E-state index in [4.69, 9.17) is 5.11 Å². The zero-order valence-electron chi connectivity index (χ0n) is 9.53. The quantitative estimate of drug-likeness (QED) is 0.880. The van der Waals surface area contributed by atoms with Crippen molar-refractivity contribution >= 4 is 33.5 Å². The van der Waals surface area contributed by atoms with Crippen molar-refractivity contribution in [2.45, 2.75) is 0 Å². The average molecular weight is 301 g/mol. The molecule has 92 valence electrons. The Bertz CT molecular complexity index is 448. The molecular formula is C11H13BrN2O3. The van der Waals surface area contributed by atoms with E-state index in [1.165, 1.54) is 6.07 Å². The SMILES string of the molecule is CNC(=O)CN(C)c1ccc(C(=O)O)c(Br)c1. The van der Waals surface area contributed by atoms with Crippen LogP contribution < -0.4 is 10.2 Å². The molecule has 0 aromatic heterocycles. The van der Waals surface area contributed by atoms with Crippen LogP contribution in [0.2, 0.25) is 0 Å². The molecule has 1 amide bonds. The number of rotatable bonds is 4. The molecule has 0 atom stereocenters. The van der Waals surface area contributed by atoms with Gasteiger partial charge in [-0.1, -0.05) is 0 Å². The molecule has 1 aromatic rings. The average Bonchev–Trinajstić information content (AvgIpc) is 2.28. The lowest BCUT2D eigenvalue weighted by molar-refractivity contribution is -0.119. The maximum Gasteiger partial charge on any atom is 0.336 e. The minimum Gasteiger partial charge on any atom is -0.478 e. The third-order valence-corrected chi connectivity index (χ3v) is 2.94. The molecule has 0 aliphatic rings. The Labute approximate surface area is 108 Å². The summed E-state index contributed by atoms with van der Waals surface area (Å²) in [5.74, 6) is -1.09. The summed E-state index contributed by atoms with van der Waals surface area (Å²) in [6, 6.07) is 4.84. The van der Waals surface area contributed by atoms with Crippen LogP contribution in [0.3, 0.4) is 0 Å². The van der Waals surface area contributed by atoms with Crippen molar-refractivity contribution in [1.82, 2.24) is 5.32 Å². The fourth-order valence-electron chi connectivity index (χ4n) is 1.30. The van der Waals surface area contributed by atoms with Crippen molar-refractivity contribution in [1.29, 1.82) is 0 Å². The first-order valence-electron chi connectivity index (χ1n) is 4.90. The Kier molecular flexibility index (Phi) is 4.51. The number of carboxylic acid groups (broad SMARTS) is 1. The summed E-state index contributed by atoms with van der Waals surface area (Å²) in [5.41, 5.74) is 0.965. The molecule has 2 N–H and O–H groups in total. The van der Waals surface area contributed by atoms with Crippen molar-refractivity contribution in [3.05, 3.63) is 28.2 Å². The first-order valence-corrected chi connectivity index (χ1v) is 5.69. The van der Waals surface area contributed by atoms with Gasteiger partial charge in [-0.2, -0.15) is 0 Å². The van der Waals surface area contributed by atoms with Gasteiger partial charge in [0.05, 0.1) is 12.1 Å². The lowest BCUT2D eigenvalue weighted by atomic mass is 10.2. The van der Waals surface area contributed by atoms with Crippen LogP contribution in [0.4, 0.5) is 5.69 Å². The van der Waals surface area contributed by atoms with Gasteiger partial charge in [0.2, 0.25) is 5.91 Å². The molecule has 0 unspecified atom stereocenters. The van der Waals surface area contributed by atoms with Gasteiger partial charge >= 0.3 is 5.97 Å². The maximum atomic E-state index is 11.2. The molecule has 0 saturated carbocycles. The second-order valence-corrected chi connectivity index (χ2v) is 4.35. The van der Waals surface area contributed by atoms with Crippen LogP contribution in [-0.4, -0.2) is 37.6 Å². The second kappa shape index (κ2) is 5.67. The molecule has 0 spiro atoms. The number of aromatic carboxylic acids is 1. The first-order chi connectivity index (χ1) is 7.95. The molecule has 0 aliphatic carbocycles. The number of nitrogens with zero attached hydrogens (tertiary/aromatic N) is 1. The third-order valence-electron chi connectivity index (χ3n) is 2.28. The highest BCUT2D eigenvalue weighted by molar-refractivity contribution is 9.10. The summed E-state index contributed by atoms with van der Waals surface area (Å²) in [7, 11) is 3.33.